The van der Waals surface area contributed by atoms with Crippen molar-refractivity contribution in [3.63, 3.8) is 0 Å². The Kier molecular flexibility index (Phi) is 4.37. The lowest BCUT2D eigenvalue weighted by Gasteiger charge is -2.35. The van der Waals surface area contributed by atoms with Gasteiger partial charge < -0.3 is 4.90 Å². The molecule has 1 aromatic carbocycles. The fraction of sp³-hybridized carbons (Fsp3) is 0.400. The summed E-state index contributed by atoms with van der Waals surface area (Å²) in [5.41, 5.74) is 1.39. The molecule has 0 saturated carbocycles. The monoisotopic (exact) mass is 350 g/mol. The summed E-state index contributed by atoms with van der Waals surface area (Å²) in [7, 11) is -3.19. The molecule has 1 aliphatic rings. The van der Waals surface area contributed by atoms with Crippen LogP contribution < -0.4 is 4.90 Å². The fourth-order valence-electron chi connectivity index (χ4n) is 2.95. The van der Waals surface area contributed by atoms with Gasteiger partial charge in [0.25, 0.3) is 5.69 Å². The van der Waals surface area contributed by atoms with E-state index in [0.29, 0.717) is 37.1 Å². The molecule has 2 aromatic rings. The van der Waals surface area contributed by atoms with Crippen LogP contribution in [0.25, 0.3) is 10.9 Å². The Morgan fingerprint density at radius 2 is 1.92 bits per heavy atom. The molecule has 0 radical (unpaired) electrons. The normalized spacial score (nSPS) is 16.5. The van der Waals surface area contributed by atoms with Gasteiger partial charge in [0.05, 0.1) is 21.7 Å². The zero-order chi connectivity index (χ0) is 17.3. The van der Waals surface area contributed by atoms with Crippen molar-refractivity contribution < 1.29 is 13.3 Å². The van der Waals surface area contributed by atoms with Crippen LogP contribution in [0.15, 0.2) is 30.5 Å². The highest BCUT2D eigenvalue weighted by Crippen LogP contribution is 2.32. The van der Waals surface area contributed by atoms with E-state index in [9.17, 15) is 18.5 Å². The molecular weight excluding hydrogens is 332 g/mol. The van der Waals surface area contributed by atoms with Crippen molar-refractivity contribution in [3.05, 3.63) is 40.6 Å². The molecule has 1 fully saturated rings. The third kappa shape index (κ3) is 2.92. The summed E-state index contributed by atoms with van der Waals surface area (Å²) in [6.45, 7) is 3.50. The number of benzene rings is 1. The van der Waals surface area contributed by atoms with Gasteiger partial charge in [-0.3, -0.25) is 15.1 Å². The number of nitro groups is 1. The first kappa shape index (κ1) is 16.6. The van der Waals surface area contributed by atoms with Crippen molar-refractivity contribution in [1.29, 1.82) is 0 Å². The molecule has 1 saturated heterocycles. The van der Waals surface area contributed by atoms with Crippen molar-refractivity contribution in [2.24, 2.45) is 0 Å². The molecule has 0 aliphatic carbocycles. The quantitative estimate of drug-likeness (QED) is 0.614. The predicted molar refractivity (Wildman–Crippen MR) is 91.6 cm³/mol. The van der Waals surface area contributed by atoms with E-state index in [2.05, 4.69) is 4.98 Å². The van der Waals surface area contributed by atoms with E-state index in [4.69, 9.17) is 0 Å². The third-order valence-corrected chi connectivity index (χ3v) is 6.14. The van der Waals surface area contributed by atoms with Crippen LogP contribution >= 0.6 is 0 Å². The van der Waals surface area contributed by atoms with E-state index >= 15 is 0 Å². The Hall–Kier alpha value is -2.26. The summed E-state index contributed by atoms with van der Waals surface area (Å²) in [5, 5.41) is 11.7. The van der Waals surface area contributed by atoms with Crippen molar-refractivity contribution in [2.45, 2.75) is 6.92 Å². The van der Waals surface area contributed by atoms with Gasteiger partial charge in [-0.25, -0.2) is 8.42 Å². The van der Waals surface area contributed by atoms with Crippen LogP contribution in [0.5, 0.6) is 0 Å². The molecular formula is C15H18N4O4S. The molecule has 0 spiro atoms. The molecule has 9 heteroatoms. The maximum absolute atomic E-state index is 11.9. The number of aromatic nitrogens is 1. The van der Waals surface area contributed by atoms with Gasteiger partial charge in [-0.2, -0.15) is 4.31 Å². The number of anilines is 1. The topological polar surface area (TPSA) is 96.7 Å². The van der Waals surface area contributed by atoms with Gasteiger partial charge in [0.2, 0.25) is 10.0 Å². The Morgan fingerprint density at radius 1 is 1.21 bits per heavy atom. The molecule has 1 aliphatic heterocycles. The average Bonchev–Trinajstić information content (AvgIpc) is 2.60. The van der Waals surface area contributed by atoms with Crippen molar-refractivity contribution in [2.75, 3.05) is 36.8 Å². The van der Waals surface area contributed by atoms with Crippen LogP contribution in [0.2, 0.25) is 0 Å². The highest BCUT2D eigenvalue weighted by atomic mass is 32.2. The van der Waals surface area contributed by atoms with Crippen LogP contribution in [-0.2, 0) is 10.0 Å². The smallest absolute Gasteiger partial charge is 0.278 e. The Balaban J connectivity index is 1.92. The highest BCUT2D eigenvalue weighted by molar-refractivity contribution is 7.89. The number of rotatable bonds is 4. The van der Waals surface area contributed by atoms with E-state index in [1.54, 1.807) is 31.3 Å². The minimum Gasteiger partial charge on any atom is -0.367 e. The molecule has 0 bridgehead atoms. The number of fused-ring (bicyclic) bond motifs is 1. The second-order valence-corrected chi connectivity index (χ2v) is 7.80. The fourth-order valence-corrected chi connectivity index (χ4v) is 4.03. The molecule has 0 unspecified atom stereocenters. The van der Waals surface area contributed by atoms with E-state index < -0.39 is 14.9 Å². The van der Waals surface area contributed by atoms with Gasteiger partial charge in [-0.05, 0) is 25.1 Å². The van der Waals surface area contributed by atoms with E-state index in [-0.39, 0.29) is 11.4 Å². The van der Waals surface area contributed by atoms with Crippen LogP contribution in [0, 0.1) is 10.1 Å². The number of hydrogen-bond acceptors (Lipinski definition) is 6. The van der Waals surface area contributed by atoms with Gasteiger partial charge >= 0.3 is 0 Å². The zero-order valence-corrected chi connectivity index (χ0v) is 14.1. The SMILES string of the molecule is CCS(=O)(=O)N1CCN(c2ccc([N+](=O)[O-])c3cccnc23)CC1. The highest BCUT2D eigenvalue weighted by Gasteiger charge is 2.27. The second-order valence-electron chi connectivity index (χ2n) is 5.55. The molecule has 128 valence electrons. The number of sulfonamides is 1. The minimum absolute atomic E-state index is 0.0223. The summed E-state index contributed by atoms with van der Waals surface area (Å²) in [4.78, 5) is 17.1. The molecule has 8 nitrogen and oxygen atoms in total. The number of nitrogens with zero attached hydrogens (tertiary/aromatic N) is 4. The van der Waals surface area contributed by atoms with Gasteiger partial charge in [0.1, 0.15) is 5.52 Å². The van der Waals surface area contributed by atoms with E-state index in [1.165, 1.54) is 10.4 Å². The van der Waals surface area contributed by atoms with Crippen molar-refractivity contribution in [3.8, 4) is 0 Å². The lowest BCUT2D eigenvalue weighted by molar-refractivity contribution is -0.383. The van der Waals surface area contributed by atoms with Gasteiger partial charge in [0, 0.05) is 38.4 Å². The van der Waals surface area contributed by atoms with Crippen molar-refractivity contribution >= 4 is 32.3 Å². The largest absolute Gasteiger partial charge is 0.367 e. The molecule has 2 heterocycles. The van der Waals surface area contributed by atoms with Crippen LogP contribution in [-0.4, -0.2) is 54.6 Å². The molecule has 0 amide bonds. The molecule has 3 rings (SSSR count). The molecule has 0 atom stereocenters. The Bertz CT molecular complexity index is 876. The summed E-state index contributed by atoms with van der Waals surface area (Å²) in [5.74, 6) is 0.0923. The Morgan fingerprint density at radius 3 is 2.54 bits per heavy atom. The van der Waals surface area contributed by atoms with Crippen molar-refractivity contribution in [1.82, 2.24) is 9.29 Å². The van der Waals surface area contributed by atoms with Gasteiger partial charge in [-0.15, -0.1) is 0 Å². The van der Waals surface area contributed by atoms with Crippen LogP contribution in [0.3, 0.4) is 0 Å². The first-order chi connectivity index (χ1) is 11.4. The first-order valence-electron chi connectivity index (χ1n) is 7.69. The summed E-state index contributed by atoms with van der Waals surface area (Å²) in [6.07, 6.45) is 1.60. The number of hydrogen-bond donors (Lipinski definition) is 0. The number of non-ortho nitro benzene ring substituents is 1. The summed E-state index contributed by atoms with van der Waals surface area (Å²) in [6, 6.07) is 6.53. The maximum atomic E-state index is 11.9. The summed E-state index contributed by atoms with van der Waals surface area (Å²) >= 11 is 0. The molecule has 24 heavy (non-hydrogen) atoms. The second kappa shape index (κ2) is 6.33. The van der Waals surface area contributed by atoms with Gasteiger partial charge in [0.15, 0.2) is 0 Å². The van der Waals surface area contributed by atoms with E-state index in [0.717, 1.165) is 5.69 Å². The number of piperazine rings is 1. The first-order valence-corrected chi connectivity index (χ1v) is 9.30. The lowest BCUT2D eigenvalue weighted by Crippen LogP contribution is -2.49. The van der Waals surface area contributed by atoms with E-state index in [1.807, 2.05) is 4.90 Å². The maximum Gasteiger partial charge on any atom is 0.278 e. The number of nitro benzene ring substituents is 1. The predicted octanol–water partition coefficient (Wildman–Crippen LogP) is 1.61. The number of pyridine rings is 1. The zero-order valence-electron chi connectivity index (χ0n) is 13.3. The molecule has 1 aromatic heterocycles. The Labute approximate surface area is 139 Å². The third-order valence-electron chi connectivity index (χ3n) is 4.26. The summed E-state index contributed by atoms with van der Waals surface area (Å²) < 4.78 is 25.4. The molecule has 0 N–H and O–H groups in total. The lowest BCUT2D eigenvalue weighted by atomic mass is 10.1. The standard InChI is InChI=1S/C15H18N4O4S/c1-2-24(22,23)18-10-8-17(9-11-18)14-6-5-13(19(20)21)12-4-3-7-16-15(12)14/h3-7H,2,8-11H2,1H3. The van der Waals surface area contributed by atoms with Crippen LogP contribution in [0.1, 0.15) is 6.92 Å². The van der Waals surface area contributed by atoms with Crippen LogP contribution in [0.4, 0.5) is 11.4 Å². The van der Waals surface area contributed by atoms with Gasteiger partial charge in [-0.1, -0.05) is 0 Å². The minimum atomic E-state index is -3.19. The average molecular weight is 350 g/mol.